The van der Waals surface area contributed by atoms with Gasteiger partial charge in [-0.1, -0.05) is 37.1 Å². The first kappa shape index (κ1) is 22.8. The van der Waals surface area contributed by atoms with Gasteiger partial charge in [0.2, 0.25) is 0 Å². The van der Waals surface area contributed by atoms with E-state index in [0.29, 0.717) is 0 Å². The van der Waals surface area contributed by atoms with E-state index < -0.39 is 0 Å². The molecular weight excluding hydrogens is 396 g/mol. The van der Waals surface area contributed by atoms with Crippen molar-refractivity contribution >= 4 is 5.91 Å². The van der Waals surface area contributed by atoms with Crippen LogP contribution in [0.5, 0.6) is 5.75 Å². The van der Waals surface area contributed by atoms with E-state index in [1.54, 1.807) is 7.11 Å². The van der Waals surface area contributed by atoms with Crippen LogP contribution in [0.1, 0.15) is 73.5 Å². The van der Waals surface area contributed by atoms with Crippen LogP contribution in [-0.2, 0) is 0 Å². The molecule has 4 rings (SSSR count). The number of carbonyl (C=O) groups excluding carboxylic acids is 1. The van der Waals surface area contributed by atoms with Gasteiger partial charge >= 0.3 is 0 Å². The molecule has 0 spiro atoms. The number of fused-ring (bicyclic) bond motifs is 2. The lowest BCUT2D eigenvalue weighted by molar-refractivity contribution is 0.0773. The average Bonchev–Trinajstić information content (AvgIpc) is 2.97. The molecule has 2 bridgehead atoms. The number of likely N-dealkylation sites (tertiary alicyclic amines) is 1. The Bertz CT molecular complexity index is 891. The quantitative estimate of drug-likeness (QED) is 0.554. The minimum absolute atomic E-state index is 0.114. The predicted molar refractivity (Wildman–Crippen MR) is 130 cm³/mol. The fourth-order valence-electron chi connectivity index (χ4n) is 5.76. The molecule has 32 heavy (non-hydrogen) atoms. The molecule has 1 aliphatic heterocycles. The fourth-order valence-corrected chi connectivity index (χ4v) is 5.76. The van der Waals surface area contributed by atoms with E-state index >= 15 is 0 Å². The Balaban J connectivity index is 1.67. The molecule has 1 saturated carbocycles. The van der Waals surface area contributed by atoms with Crippen LogP contribution in [0.4, 0.5) is 0 Å². The summed E-state index contributed by atoms with van der Waals surface area (Å²) in [6, 6.07) is 17.0. The zero-order valence-electron chi connectivity index (χ0n) is 19.9. The third-order valence-corrected chi connectivity index (χ3v) is 7.51. The van der Waals surface area contributed by atoms with Gasteiger partial charge in [0.15, 0.2) is 0 Å². The Morgan fingerprint density at radius 1 is 1.03 bits per heavy atom. The number of amides is 1. The second kappa shape index (κ2) is 10.5. The Morgan fingerprint density at radius 2 is 1.78 bits per heavy atom. The SMILES string of the molecule is CCN(CC)C(=O)c1ccc(C(c2cccc(OC)c2)N2CCC3CCCC(C3)C2)cc1. The van der Waals surface area contributed by atoms with Crippen molar-refractivity contribution in [2.24, 2.45) is 11.8 Å². The Kier molecular flexibility index (Phi) is 7.51. The summed E-state index contributed by atoms with van der Waals surface area (Å²) in [5, 5.41) is 0. The third kappa shape index (κ3) is 5.01. The van der Waals surface area contributed by atoms with Crippen molar-refractivity contribution in [1.82, 2.24) is 9.80 Å². The maximum atomic E-state index is 12.8. The van der Waals surface area contributed by atoms with E-state index in [9.17, 15) is 4.79 Å². The van der Waals surface area contributed by atoms with Crippen molar-refractivity contribution in [3.63, 3.8) is 0 Å². The Hall–Kier alpha value is -2.33. The van der Waals surface area contributed by atoms with Gasteiger partial charge in [0.1, 0.15) is 5.75 Å². The molecule has 1 amide bonds. The number of carbonyl (C=O) groups is 1. The van der Waals surface area contributed by atoms with Crippen molar-refractivity contribution < 1.29 is 9.53 Å². The monoisotopic (exact) mass is 434 g/mol. The highest BCUT2D eigenvalue weighted by Crippen LogP contribution is 2.39. The van der Waals surface area contributed by atoms with Gasteiger partial charge in [-0.15, -0.1) is 0 Å². The van der Waals surface area contributed by atoms with E-state index in [4.69, 9.17) is 4.74 Å². The minimum Gasteiger partial charge on any atom is -0.497 e. The van der Waals surface area contributed by atoms with Gasteiger partial charge in [-0.2, -0.15) is 0 Å². The second-order valence-corrected chi connectivity index (χ2v) is 9.46. The average molecular weight is 435 g/mol. The molecule has 0 aromatic heterocycles. The summed E-state index contributed by atoms with van der Waals surface area (Å²) in [4.78, 5) is 17.4. The lowest BCUT2D eigenvalue weighted by Gasteiger charge is -2.34. The number of benzene rings is 2. The number of ether oxygens (including phenoxy) is 1. The highest BCUT2D eigenvalue weighted by atomic mass is 16.5. The number of hydrogen-bond acceptors (Lipinski definition) is 3. The first-order valence-corrected chi connectivity index (χ1v) is 12.4. The van der Waals surface area contributed by atoms with Crippen LogP contribution in [-0.4, -0.2) is 49.0 Å². The summed E-state index contributed by atoms with van der Waals surface area (Å²) in [5.74, 6) is 2.70. The maximum Gasteiger partial charge on any atom is 0.253 e. The van der Waals surface area contributed by atoms with E-state index in [-0.39, 0.29) is 11.9 Å². The molecule has 4 heteroatoms. The lowest BCUT2D eigenvalue weighted by Crippen LogP contribution is -2.33. The molecule has 2 aliphatic rings. The minimum atomic E-state index is 0.114. The molecule has 2 fully saturated rings. The zero-order valence-corrected chi connectivity index (χ0v) is 19.9. The topological polar surface area (TPSA) is 32.8 Å². The Labute approximate surface area is 193 Å². The molecule has 1 saturated heterocycles. The van der Waals surface area contributed by atoms with Crippen LogP contribution in [0.3, 0.4) is 0 Å². The van der Waals surface area contributed by atoms with Crippen molar-refractivity contribution in [2.75, 3.05) is 33.3 Å². The maximum absolute atomic E-state index is 12.8. The standard InChI is InChI=1S/C28H38N2O2/c1-4-29(5-2)28(31)24-14-12-23(13-15-24)27(25-10-7-11-26(19-25)32-3)30-17-16-21-8-6-9-22(18-21)20-30/h7,10-15,19,21-22,27H,4-6,8-9,16-18,20H2,1-3H3. The number of methoxy groups -OCH3 is 1. The van der Waals surface area contributed by atoms with E-state index in [2.05, 4.69) is 35.2 Å². The van der Waals surface area contributed by atoms with Crippen LogP contribution in [0, 0.1) is 11.8 Å². The van der Waals surface area contributed by atoms with Gasteiger partial charge in [-0.3, -0.25) is 9.69 Å². The van der Waals surface area contributed by atoms with Gasteiger partial charge < -0.3 is 9.64 Å². The highest BCUT2D eigenvalue weighted by molar-refractivity contribution is 5.94. The van der Waals surface area contributed by atoms with Crippen molar-refractivity contribution in [3.8, 4) is 5.75 Å². The van der Waals surface area contributed by atoms with E-state index in [0.717, 1.165) is 49.3 Å². The van der Waals surface area contributed by atoms with Crippen LogP contribution in [0.2, 0.25) is 0 Å². The van der Waals surface area contributed by atoms with Crippen LogP contribution in [0.25, 0.3) is 0 Å². The normalized spacial score (nSPS) is 22.1. The highest BCUT2D eigenvalue weighted by Gasteiger charge is 2.32. The number of nitrogens with zero attached hydrogens (tertiary/aromatic N) is 2. The summed E-state index contributed by atoms with van der Waals surface area (Å²) in [5.41, 5.74) is 3.29. The molecule has 0 N–H and O–H groups in total. The number of rotatable bonds is 7. The van der Waals surface area contributed by atoms with Crippen LogP contribution < -0.4 is 4.74 Å². The first-order valence-electron chi connectivity index (χ1n) is 12.4. The molecule has 0 radical (unpaired) electrons. The molecule has 2 aromatic rings. The van der Waals surface area contributed by atoms with Gasteiger partial charge in [0.25, 0.3) is 5.91 Å². The van der Waals surface area contributed by atoms with Crippen LogP contribution >= 0.6 is 0 Å². The summed E-state index contributed by atoms with van der Waals surface area (Å²) in [6.07, 6.45) is 6.81. The molecule has 3 atom stereocenters. The van der Waals surface area contributed by atoms with Gasteiger partial charge in [-0.25, -0.2) is 0 Å². The molecular formula is C28H38N2O2. The second-order valence-electron chi connectivity index (χ2n) is 9.46. The summed E-state index contributed by atoms with van der Waals surface area (Å²) < 4.78 is 5.56. The molecule has 3 unspecified atom stereocenters. The molecule has 1 aliphatic carbocycles. The zero-order chi connectivity index (χ0) is 22.5. The van der Waals surface area contributed by atoms with Crippen molar-refractivity contribution in [2.45, 2.75) is 52.0 Å². The number of hydrogen-bond donors (Lipinski definition) is 0. The third-order valence-electron chi connectivity index (χ3n) is 7.51. The van der Waals surface area contributed by atoms with E-state index in [1.165, 1.54) is 43.2 Å². The van der Waals surface area contributed by atoms with Crippen molar-refractivity contribution in [3.05, 3.63) is 65.2 Å². The van der Waals surface area contributed by atoms with Gasteiger partial charge in [0, 0.05) is 25.2 Å². The summed E-state index contributed by atoms with van der Waals surface area (Å²) >= 11 is 0. The van der Waals surface area contributed by atoms with Crippen LogP contribution in [0.15, 0.2) is 48.5 Å². The molecule has 1 heterocycles. The smallest absolute Gasteiger partial charge is 0.253 e. The lowest BCUT2D eigenvalue weighted by atomic mass is 9.81. The predicted octanol–water partition coefficient (Wildman–Crippen LogP) is 5.78. The largest absolute Gasteiger partial charge is 0.497 e. The van der Waals surface area contributed by atoms with Crippen molar-refractivity contribution in [1.29, 1.82) is 0 Å². The summed E-state index contributed by atoms with van der Waals surface area (Å²) in [7, 11) is 1.73. The Morgan fingerprint density at radius 3 is 2.50 bits per heavy atom. The fraction of sp³-hybridized carbons (Fsp3) is 0.536. The van der Waals surface area contributed by atoms with Gasteiger partial charge in [-0.05, 0) is 86.9 Å². The molecule has 2 aromatic carbocycles. The van der Waals surface area contributed by atoms with E-state index in [1.807, 2.05) is 36.9 Å². The van der Waals surface area contributed by atoms with Gasteiger partial charge in [0.05, 0.1) is 13.2 Å². The molecule has 172 valence electrons. The first-order chi connectivity index (χ1) is 15.6. The molecule has 4 nitrogen and oxygen atoms in total. The summed E-state index contributed by atoms with van der Waals surface area (Å²) in [6.45, 7) is 7.82.